The molecule has 0 saturated carbocycles. The fourth-order valence-electron chi connectivity index (χ4n) is 1.68. The summed E-state index contributed by atoms with van der Waals surface area (Å²) in [6, 6.07) is 1.77. The largest absolute Gasteiger partial charge is 0.478 e. The van der Waals surface area contributed by atoms with E-state index in [0.29, 0.717) is 25.2 Å². The van der Waals surface area contributed by atoms with Gasteiger partial charge in [-0.1, -0.05) is 0 Å². The van der Waals surface area contributed by atoms with Gasteiger partial charge in [0, 0.05) is 31.6 Å². The first-order valence-corrected chi connectivity index (χ1v) is 5.65. The van der Waals surface area contributed by atoms with E-state index >= 15 is 0 Å². The quantitative estimate of drug-likeness (QED) is 0.781. The topological polar surface area (TPSA) is 73.7 Å². The number of carboxylic acid groups (broad SMARTS) is 1. The van der Waals surface area contributed by atoms with Crippen molar-refractivity contribution in [3.8, 4) is 0 Å². The minimum Gasteiger partial charge on any atom is -0.478 e. The molecular weight excluding hydrogens is 220 g/mol. The summed E-state index contributed by atoms with van der Waals surface area (Å²) >= 11 is 0. The van der Waals surface area contributed by atoms with Gasteiger partial charge >= 0.3 is 5.97 Å². The third kappa shape index (κ3) is 3.42. The number of nitrogens with zero attached hydrogens (tertiary/aromatic N) is 2. The molecule has 0 amide bonds. The molecule has 0 aliphatic heterocycles. The number of rotatable bonds is 6. The monoisotopic (exact) mass is 238 g/mol. The first-order chi connectivity index (χ1) is 8.10. The van der Waals surface area contributed by atoms with Gasteiger partial charge in [0.25, 0.3) is 0 Å². The number of hydrogen-bond acceptors (Lipinski definition) is 4. The predicted molar refractivity (Wildman–Crippen MR) is 65.5 cm³/mol. The van der Waals surface area contributed by atoms with Gasteiger partial charge in [0.15, 0.2) is 0 Å². The van der Waals surface area contributed by atoms with E-state index in [1.165, 1.54) is 6.20 Å². The van der Waals surface area contributed by atoms with Crippen LogP contribution in [-0.4, -0.2) is 40.9 Å². The third-order valence-electron chi connectivity index (χ3n) is 2.56. The lowest BCUT2D eigenvalue weighted by Crippen LogP contribution is -2.26. The van der Waals surface area contributed by atoms with Crippen LogP contribution in [0.2, 0.25) is 0 Å². The number of hydrogen-bond donors (Lipinski definition) is 2. The van der Waals surface area contributed by atoms with E-state index < -0.39 is 5.97 Å². The molecule has 0 aromatic carbocycles. The molecular formula is C12H18N2O3. The van der Waals surface area contributed by atoms with Crippen molar-refractivity contribution < 1.29 is 15.0 Å². The molecule has 5 nitrogen and oxygen atoms in total. The summed E-state index contributed by atoms with van der Waals surface area (Å²) in [6.07, 6.45) is 2.00. The molecule has 0 aliphatic rings. The normalized spacial score (nSPS) is 10.3. The molecule has 5 heteroatoms. The van der Waals surface area contributed by atoms with E-state index in [9.17, 15) is 4.79 Å². The van der Waals surface area contributed by atoms with Crippen molar-refractivity contribution in [1.29, 1.82) is 0 Å². The van der Waals surface area contributed by atoms with Crippen LogP contribution in [0.5, 0.6) is 0 Å². The Labute approximate surface area is 101 Å². The van der Waals surface area contributed by atoms with Crippen molar-refractivity contribution in [2.24, 2.45) is 0 Å². The molecule has 0 aliphatic carbocycles. The van der Waals surface area contributed by atoms with Crippen molar-refractivity contribution in [2.45, 2.75) is 20.3 Å². The summed E-state index contributed by atoms with van der Waals surface area (Å²) in [6.45, 7) is 5.22. The summed E-state index contributed by atoms with van der Waals surface area (Å²) in [5, 5.41) is 17.9. The lowest BCUT2D eigenvalue weighted by atomic mass is 10.2. The van der Waals surface area contributed by atoms with Gasteiger partial charge in [0.05, 0.1) is 5.69 Å². The van der Waals surface area contributed by atoms with Gasteiger partial charge in [-0.2, -0.15) is 0 Å². The number of aromatic nitrogens is 1. The van der Waals surface area contributed by atoms with Gasteiger partial charge in [-0.15, -0.1) is 0 Å². The molecule has 0 fully saturated rings. The number of anilines is 1. The number of aromatic carboxylic acids is 1. The van der Waals surface area contributed by atoms with Crippen LogP contribution in [-0.2, 0) is 0 Å². The number of aryl methyl sites for hydroxylation is 1. The molecule has 0 bridgehead atoms. The van der Waals surface area contributed by atoms with Crippen LogP contribution in [0.25, 0.3) is 0 Å². The molecule has 1 rings (SSSR count). The van der Waals surface area contributed by atoms with Crippen LogP contribution in [0.1, 0.15) is 29.4 Å². The zero-order chi connectivity index (χ0) is 12.8. The third-order valence-corrected chi connectivity index (χ3v) is 2.56. The average molecular weight is 238 g/mol. The maximum Gasteiger partial charge on any atom is 0.339 e. The standard InChI is InChI=1S/C12H18N2O3/c1-3-14(5-4-6-15)11-7-9(2)13-8-10(11)12(16)17/h7-8,15H,3-6H2,1-2H3,(H,16,17). The highest BCUT2D eigenvalue weighted by molar-refractivity contribution is 5.94. The lowest BCUT2D eigenvalue weighted by Gasteiger charge is -2.24. The maximum atomic E-state index is 11.1. The first-order valence-electron chi connectivity index (χ1n) is 5.65. The molecule has 1 heterocycles. The van der Waals surface area contributed by atoms with Crippen molar-refractivity contribution in [1.82, 2.24) is 4.98 Å². The number of aliphatic hydroxyl groups excluding tert-OH is 1. The Kier molecular flexibility index (Phi) is 4.90. The van der Waals surface area contributed by atoms with E-state index in [4.69, 9.17) is 10.2 Å². The highest BCUT2D eigenvalue weighted by Crippen LogP contribution is 2.21. The first kappa shape index (κ1) is 13.4. The van der Waals surface area contributed by atoms with E-state index in [0.717, 1.165) is 5.69 Å². The van der Waals surface area contributed by atoms with Crippen molar-refractivity contribution >= 4 is 11.7 Å². The molecule has 1 aromatic rings. The Balaban J connectivity index is 3.06. The minimum absolute atomic E-state index is 0.100. The second kappa shape index (κ2) is 6.20. The molecule has 0 unspecified atom stereocenters. The van der Waals surface area contributed by atoms with Crippen LogP contribution >= 0.6 is 0 Å². The number of carbonyl (C=O) groups is 1. The van der Waals surface area contributed by atoms with Crippen molar-refractivity contribution in [2.75, 3.05) is 24.6 Å². The number of aliphatic hydroxyl groups is 1. The Hall–Kier alpha value is -1.62. The molecule has 94 valence electrons. The molecule has 17 heavy (non-hydrogen) atoms. The van der Waals surface area contributed by atoms with Gasteiger partial charge in [0.1, 0.15) is 5.56 Å². The molecule has 1 aromatic heterocycles. The highest BCUT2D eigenvalue weighted by Gasteiger charge is 2.15. The molecule has 0 radical (unpaired) electrons. The Morgan fingerprint density at radius 2 is 2.24 bits per heavy atom. The lowest BCUT2D eigenvalue weighted by molar-refractivity contribution is 0.0697. The summed E-state index contributed by atoms with van der Waals surface area (Å²) in [5.41, 5.74) is 1.66. The summed E-state index contributed by atoms with van der Waals surface area (Å²) in [4.78, 5) is 17.1. The van der Waals surface area contributed by atoms with Crippen molar-refractivity contribution in [3.63, 3.8) is 0 Å². The van der Waals surface area contributed by atoms with Gasteiger partial charge in [-0.3, -0.25) is 4.98 Å². The fourth-order valence-corrected chi connectivity index (χ4v) is 1.68. The van der Waals surface area contributed by atoms with Crippen LogP contribution in [0.3, 0.4) is 0 Å². The molecule has 0 atom stereocenters. The SMILES string of the molecule is CCN(CCCO)c1cc(C)ncc1C(=O)O. The van der Waals surface area contributed by atoms with Gasteiger partial charge in [0.2, 0.25) is 0 Å². The Morgan fingerprint density at radius 3 is 2.76 bits per heavy atom. The highest BCUT2D eigenvalue weighted by atomic mass is 16.4. The van der Waals surface area contributed by atoms with E-state index in [1.54, 1.807) is 6.07 Å². The van der Waals surface area contributed by atoms with Crippen LogP contribution in [0.15, 0.2) is 12.3 Å². The van der Waals surface area contributed by atoms with Gasteiger partial charge < -0.3 is 15.1 Å². The smallest absolute Gasteiger partial charge is 0.339 e. The Bertz CT molecular complexity index is 393. The second-order valence-electron chi connectivity index (χ2n) is 3.80. The van der Waals surface area contributed by atoms with Gasteiger partial charge in [-0.05, 0) is 26.3 Å². The van der Waals surface area contributed by atoms with Gasteiger partial charge in [-0.25, -0.2) is 4.79 Å². The second-order valence-corrected chi connectivity index (χ2v) is 3.80. The van der Waals surface area contributed by atoms with Crippen molar-refractivity contribution in [3.05, 3.63) is 23.5 Å². The summed E-state index contributed by atoms with van der Waals surface area (Å²) < 4.78 is 0. The fraction of sp³-hybridized carbons (Fsp3) is 0.500. The molecule has 0 spiro atoms. The summed E-state index contributed by atoms with van der Waals surface area (Å²) in [7, 11) is 0. The van der Waals surface area contributed by atoms with E-state index in [-0.39, 0.29) is 12.2 Å². The van der Waals surface area contributed by atoms with Crippen LogP contribution < -0.4 is 4.90 Å². The predicted octanol–water partition coefficient (Wildman–Crippen LogP) is 1.30. The molecule has 0 saturated heterocycles. The average Bonchev–Trinajstić information content (AvgIpc) is 2.29. The summed E-state index contributed by atoms with van der Waals surface area (Å²) in [5.74, 6) is -0.977. The zero-order valence-electron chi connectivity index (χ0n) is 10.2. The maximum absolute atomic E-state index is 11.1. The number of carboxylic acids is 1. The van der Waals surface area contributed by atoms with Crippen LogP contribution in [0.4, 0.5) is 5.69 Å². The minimum atomic E-state index is -0.977. The Morgan fingerprint density at radius 1 is 1.53 bits per heavy atom. The zero-order valence-corrected chi connectivity index (χ0v) is 10.2. The number of pyridine rings is 1. The van der Waals surface area contributed by atoms with E-state index in [2.05, 4.69) is 4.98 Å². The van der Waals surface area contributed by atoms with E-state index in [1.807, 2.05) is 18.7 Å². The molecule has 2 N–H and O–H groups in total. The van der Waals surface area contributed by atoms with Crippen LogP contribution in [0, 0.1) is 6.92 Å².